The number of rotatable bonds is 7. The molecule has 1 aliphatic carbocycles. The van der Waals surface area contributed by atoms with Gasteiger partial charge in [0.1, 0.15) is 35.5 Å². The van der Waals surface area contributed by atoms with E-state index in [9.17, 15) is 32.8 Å². The average molecular weight is 724 g/mol. The molecule has 0 radical (unpaired) electrons. The van der Waals surface area contributed by atoms with Crippen LogP contribution in [0.2, 0.25) is 5.02 Å². The van der Waals surface area contributed by atoms with Crippen LogP contribution in [0.15, 0.2) is 54.7 Å². The lowest BCUT2D eigenvalue weighted by atomic mass is 9.90. The summed E-state index contributed by atoms with van der Waals surface area (Å²) in [6, 6.07) is 8.02. The molecule has 2 aliphatic rings. The number of anilines is 2. The Kier molecular flexibility index (Phi) is 8.86. The van der Waals surface area contributed by atoms with Gasteiger partial charge in [-0.1, -0.05) is 29.8 Å². The zero-order valence-electron chi connectivity index (χ0n) is 22.1. The second-order valence-corrected chi connectivity index (χ2v) is 12.3. The van der Waals surface area contributed by atoms with E-state index in [4.69, 9.17) is 11.6 Å². The molecule has 0 bridgehead atoms. The van der Waals surface area contributed by atoms with Gasteiger partial charge < -0.3 is 10.6 Å². The van der Waals surface area contributed by atoms with Crippen molar-refractivity contribution >= 4 is 63.5 Å². The molecule has 0 unspecified atom stereocenters. The molecule has 1 saturated heterocycles. The van der Waals surface area contributed by atoms with E-state index < -0.39 is 51.2 Å². The third-order valence-electron chi connectivity index (χ3n) is 6.96. The number of nitrogens with one attached hydrogen (secondary N) is 2. The fraction of sp³-hybridized carbons (Fsp3) is 0.286. The maximum Gasteiger partial charge on any atom is 0.252 e. The number of hydrogen-bond donors (Lipinski definition) is 2. The Hall–Kier alpha value is -3.81. The quantitative estimate of drug-likeness (QED) is 0.281. The van der Waals surface area contributed by atoms with Crippen LogP contribution in [-0.2, 0) is 14.4 Å². The normalized spacial score (nSPS) is 22.2. The van der Waals surface area contributed by atoms with Crippen LogP contribution in [-0.4, -0.2) is 56.5 Å². The van der Waals surface area contributed by atoms with Crippen LogP contribution >= 0.6 is 34.2 Å². The molecule has 222 valence electrons. The van der Waals surface area contributed by atoms with Crippen molar-refractivity contribution in [2.24, 2.45) is 0 Å². The van der Waals surface area contributed by atoms with Crippen LogP contribution in [0.4, 0.5) is 24.8 Å². The van der Waals surface area contributed by atoms with E-state index in [0.29, 0.717) is 6.07 Å². The summed E-state index contributed by atoms with van der Waals surface area (Å²) >= 11 is 8.15. The largest absolute Gasteiger partial charge is 0.351 e. The fourth-order valence-electron chi connectivity index (χ4n) is 5.02. The number of carbonyl (C=O) groups is 3. The number of halogens is 5. The molecule has 2 N–H and O–H groups in total. The van der Waals surface area contributed by atoms with E-state index in [1.165, 1.54) is 24.4 Å². The standard InChI is InChI=1S/C28H22ClF3IN7O3/c29-21-4-2-1-3-20(21)24(25(42)37-18-10-28(32,33)11-18)39(19-8-15(30)7-16(31)9-19)26(43)22-13-35-14-23(41)40(22)27-36-6-5-17(12-34)38-27/h1-9,18,22,24,35H,10-11,13-14H2,(H,37,42)/t18?,22-,24-,28?/m0/s1. The van der Waals surface area contributed by atoms with Gasteiger partial charge in [-0.25, -0.2) is 23.1 Å². The number of benzene rings is 2. The highest BCUT2D eigenvalue weighted by Crippen LogP contribution is 2.43. The topological polar surface area (TPSA) is 131 Å². The monoisotopic (exact) mass is 723 g/mol. The minimum atomic E-state index is -1.60. The number of hydrogen-bond acceptors (Lipinski definition) is 7. The minimum absolute atomic E-state index is 0.0124. The summed E-state index contributed by atoms with van der Waals surface area (Å²) in [5.41, 5.74) is -0.293. The van der Waals surface area contributed by atoms with Crippen LogP contribution in [0.25, 0.3) is 0 Å². The molecule has 3 aromatic rings. The molecule has 2 fully saturated rings. The number of alkyl halides is 2. The highest BCUT2D eigenvalue weighted by molar-refractivity contribution is 14.1. The van der Waals surface area contributed by atoms with Crippen molar-refractivity contribution in [3.63, 3.8) is 0 Å². The van der Waals surface area contributed by atoms with E-state index in [1.807, 2.05) is 6.07 Å². The smallest absolute Gasteiger partial charge is 0.252 e. The molecule has 3 amide bonds. The van der Waals surface area contributed by atoms with E-state index in [1.54, 1.807) is 34.7 Å². The first-order chi connectivity index (χ1) is 20.5. The zero-order valence-corrected chi connectivity index (χ0v) is 25.0. The average Bonchev–Trinajstić information content (AvgIpc) is 2.94. The van der Waals surface area contributed by atoms with Crippen LogP contribution in [0, 0.1) is 23.0 Å². The van der Waals surface area contributed by atoms with Gasteiger partial charge >= 0.3 is 0 Å². The SMILES string of the molecule is N#Cc1ccnc(N2C(=O)CNC[C@H]2C(=O)N(c2cc(F)cc(F)c2)[C@H](C(=O)NC2CC(F)(I)C2)c2ccccc2Cl)n1. The molecule has 1 aromatic heterocycles. The van der Waals surface area contributed by atoms with Crippen molar-refractivity contribution in [2.75, 3.05) is 22.9 Å². The number of nitrogens with zero attached hydrogens (tertiary/aromatic N) is 5. The Morgan fingerprint density at radius 3 is 2.56 bits per heavy atom. The fourth-order valence-corrected chi connectivity index (χ4v) is 6.32. The third kappa shape index (κ3) is 6.58. The van der Waals surface area contributed by atoms with Crippen LogP contribution in [0.3, 0.4) is 0 Å². The van der Waals surface area contributed by atoms with Gasteiger partial charge in [-0.05, 0) is 46.9 Å². The minimum Gasteiger partial charge on any atom is -0.351 e. The van der Waals surface area contributed by atoms with Crippen molar-refractivity contribution in [1.82, 2.24) is 20.6 Å². The number of piperazine rings is 1. The molecule has 0 spiro atoms. The zero-order chi connectivity index (χ0) is 30.9. The number of amides is 3. The predicted molar refractivity (Wildman–Crippen MR) is 158 cm³/mol. The molecular formula is C28H22ClF3IN7O3. The van der Waals surface area contributed by atoms with Crippen molar-refractivity contribution in [2.45, 2.75) is 34.6 Å². The summed E-state index contributed by atoms with van der Waals surface area (Å²) < 4.78 is 42.0. The Morgan fingerprint density at radius 1 is 1.21 bits per heavy atom. The Bertz CT molecular complexity index is 1610. The van der Waals surface area contributed by atoms with E-state index in [0.717, 1.165) is 21.9 Å². The van der Waals surface area contributed by atoms with Gasteiger partial charge in [0.15, 0.2) is 3.68 Å². The van der Waals surface area contributed by atoms with Gasteiger partial charge in [0.2, 0.25) is 17.8 Å². The van der Waals surface area contributed by atoms with Crippen molar-refractivity contribution in [1.29, 1.82) is 5.26 Å². The summed E-state index contributed by atoms with van der Waals surface area (Å²) in [7, 11) is 0. The lowest BCUT2D eigenvalue weighted by Gasteiger charge is -2.41. The highest BCUT2D eigenvalue weighted by Gasteiger charge is 2.47. The lowest BCUT2D eigenvalue weighted by Crippen LogP contribution is -2.63. The molecule has 1 aliphatic heterocycles. The van der Waals surface area contributed by atoms with Crippen molar-refractivity contribution in [3.05, 3.63) is 82.6 Å². The summed E-state index contributed by atoms with van der Waals surface area (Å²) in [6.07, 6.45) is 1.27. The Balaban J connectivity index is 1.65. The van der Waals surface area contributed by atoms with Crippen LogP contribution in [0.5, 0.6) is 0 Å². The second kappa shape index (κ2) is 12.4. The second-order valence-electron chi connectivity index (χ2n) is 9.99. The van der Waals surface area contributed by atoms with E-state index in [2.05, 4.69) is 20.6 Å². The molecule has 5 rings (SSSR count). The van der Waals surface area contributed by atoms with Gasteiger partial charge in [0, 0.05) is 48.3 Å². The first kappa shape index (κ1) is 30.6. The number of aromatic nitrogens is 2. The molecule has 10 nitrogen and oxygen atoms in total. The van der Waals surface area contributed by atoms with E-state index >= 15 is 0 Å². The van der Waals surface area contributed by atoms with Gasteiger partial charge in [0.05, 0.1) is 12.2 Å². The van der Waals surface area contributed by atoms with Gasteiger partial charge in [-0.2, -0.15) is 5.26 Å². The molecule has 2 atom stereocenters. The number of nitriles is 1. The van der Waals surface area contributed by atoms with Gasteiger partial charge in [0.25, 0.3) is 5.91 Å². The van der Waals surface area contributed by atoms with Gasteiger partial charge in [-0.3, -0.25) is 24.2 Å². The van der Waals surface area contributed by atoms with E-state index in [-0.39, 0.29) is 53.8 Å². The van der Waals surface area contributed by atoms with Crippen LogP contribution < -0.4 is 20.4 Å². The highest BCUT2D eigenvalue weighted by atomic mass is 127. The maximum atomic E-state index is 14.6. The molecule has 15 heteroatoms. The first-order valence-electron chi connectivity index (χ1n) is 12.9. The Labute approximate surface area is 262 Å². The molecule has 43 heavy (non-hydrogen) atoms. The van der Waals surface area contributed by atoms with Crippen LogP contribution in [0.1, 0.15) is 30.1 Å². The predicted octanol–water partition coefficient (Wildman–Crippen LogP) is 3.74. The summed E-state index contributed by atoms with van der Waals surface area (Å²) in [5, 5.41) is 14.9. The number of carbonyl (C=O) groups excluding carboxylic acids is 3. The lowest BCUT2D eigenvalue weighted by molar-refractivity contribution is -0.129. The molecule has 2 heterocycles. The summed E-state index contributed by atoms with van der Waals surface area (Å²) in [4.78, 5) is 51.6. The maximum absolute atomic E-state index is 14.6. The molecule has 2 aromatic carbocycles. The molecular weight excluding hydrogens is 702 g/mol. The summed E-state index contributed by atoms with van der Waals surface area (Å²) in [5.74, 6) is -4.65. The van der Waals surface area contributed by atoms with Crippen molar-refractivity contribution < 1.29 is 27.6 Å². The third-order valence-corrected chi connectivity index (χ3v) is 8.18. The summed E-state index contributed by atoms with van der Waals surface area (Å²) in [6.45, 7) is -0.354. The molecule has 1 saturated carbocycles. The first-order valence-corrected chi connectivity index (χ1v) is 14.4. The van der Waals surface area contributed by atoms with Gasteiger partial charge in [-0.15, -0.1) is 0 Å². The Morgan fingerprint density at radius 2 is 1.91 bits per heavy atom. The van der Waals surface area contributed by atoms with Crippen molar-refractivity contribution in [3.8, 4) is 6.07 Å².